The lowest BCUT2D eigenvalue weighted by Crippen LogP contribution is -2.35. The van der Waals surface area contributed by atoms with E-state index in [9.17, 15) is 18.0 Å². The minimum Gasteiger partial charge on any atom is -0.452 e. The van der Waals surface area contributed by atoms with E-state index in [0.717, 1.165) is 38.5 Å². The Hall–Kier alpha value is -1.93. The Morgan fingerprint density at radius 3 is 2.50 bits per heavy atom. The summed E-state index contributed by atoms with van der Waals surface area (Å²) in [5, 5.41) is 2.75. The van der Waals surface area contributed by atoms with Gasteiger partial charge >= 0.3 is 5.97 Å². The van der Waals surface area contributed by atoms with E-state index in [1.54, 1.807) is 0 Å². The minimum atomic E-state index is -3.65. The Morgan fingerprint density at radius 1 is 1.18 bits per heavy atom. The summed E-state index contributed by atoms with van der Waals surface area (Å²) in [5.41, 5.74) is 0.116. The number of rotatable bonds is 8. The predicted octanol–water partition coefficient (Wildman–Crippen LogP) is 2.71. The van der Waals surface area contributed by atoms with Crippen LogP contribution in [-0.2, 0) is 19.6 Å². The summed E-state index contributed by atoms with van der Waals surface area (Å²) in [6, 6.07) is 5.82. The largest absolute Gasteiger partial charge is 0.452 e. The molecule has 0 bridgehead atoms. The molecule has 1 amide bonds. The fraction of sp³-hybridized carbons (Fsp3) is 0.600. The van der Waals surface area contributed by atoms with Gasteiger partial charge in [0.15, 0.2) is 6.61 Å². The van der Waals surface area contributed by atoms with Crippen LogP contribution in [0.25, 0.3) is 0 Å². The van der Waals surface area contributed by atoms with Gasteiger partial charge in [0, 0.05) is 19.1 Å². The zero-order valence-corrected chi connectivity index (χ0v) is 17.5. The highest BCUT2D eigenvalue weighted by Crippen LogP contribution is 2.21. The van der Waals surface area contributed by atoms with Crippen molar-refractivity contribution in [2.45, 2.75) is 63.3 Å². The van der Waals surface area contributed by atoms with Crippen LogP contribution in [0.2, 0.25) is 0 Å². The van der Waals surface area contributed by atoms with Crippen LogP contribution in [0.3, 0.4) is 0 Å². The van der Waals surface area contributed by atoms with Gasteiger partial charge in [-0.05, 0) is 44.4 Å². The molecule has 0 radical (unpaired) electrons. The second kappa shape index (κ2) is 10.6. The third-order valence-corrected chi connectivity index (χ3v) is 6.63. The first kappa shape index (κ1) is 22.4. The SMILES string of the molecule is CCC[C@H](C)NC(=O)COC(=O)c1cccc(S(=O)(=O)N2CCCCCC2)c1. The first-order chi connectivity index (χ1) is 13.3. The van der Waals surface area contributed by atoms with Crippen LogP contribution in [-0.4, -0.2) is 50.3 Å². The number of hydrogen-bond acceptors (Lipinski definition) is 5. The molecule has 1 aromatic carbocycles. The molecular weight excluding hydrogens is 380 g/mol. The van der Waals surface area contributed by atoms with Crippen LogP contribution in [0.15, 0.2) is 29.2 Å². The third-order valence-electron chi connectivity index (χ3n) is 4.74. The Balaban J connectivity index is 2.01. The summed E-state index contributed by atoms with van der Waals surface area (Å²) < 4.78 is 32.3. The summed E-state index contributed by atoms with van der Waals surface area (Å²) in [7, 11) is -3.65. The Morgan fingerprint density at radius 2 is 1.86 bits per heavy atom. The Kier molecular flexibility index (Phi) is 8.44. The number of amides is 1. The molecule has 28 heavy (non-hydrogen) atoms. The molecule has 1 saturated heterocycles. The maximum atomic E-state index is 12.9. The van der Waals surface area contributed by atoms with Crippen molar-refractivity contribution in [3.8, 4) is 0 Å². The average Bonchev–Trinajstić information content (AvgIpc) is 2.96. The van der Waals surface area contributed by atoms with Crippen molar-refractivity contribution in [1.29, 1.82) is 0 Å². The number of ether oxygens (including phenoxy) is 1. The molecule has 0 saturated carbocycles. The number of carbonyl (C=O) groups is 2. The van der Waals surface area contributed by atoms with Crippen LogP contribution < -0.4 is 5.32 Å². The number of nitrogens with one attached hydrogen (secondary N) is 1. The van der Waals surface area contributed by atoms with Crippen LogP contribution >= 0.6 is 0 Å². The molecule has 0 aliphatic carbocycles. The van der Waals surface area contributed by atoms with E-state index in [-0.39, 0.29) is 22.4 Å². The van der Waals surface area contributed by atoms with E-state index in [1.807, 2.05) is 13.8 Å². The predicted molar refractivity (Wildman–Crippen MR) is 106 cm³/mol. The highest BCUT2D eigenvalue weighted by molar-refractivity contribution is 7.89. The van der Waals surface area contributed by atoms with Gasteiger partial charge in [0.25, 0.3) is 5.91 Å². The van der Waals surface area contributed by atoms with E-state index in [4.69, 9.17) is 4.74 Å². The summed E-state index contributed by atoms with van der Waals surface area (Å²) in [6.45, 7) is 4.51. The highest BCUT2D eigenvalue weighted by Gasteiger charge is 2.26. The summed E-state index contributed by atoms with van der Waals surface area (Å²) in [6.07, 6.45) is 5.52. The molecule has 0 unspecified atom stereocenters. The number of nitrogens with zero attached hydrogens (tertiary/aromatic N) is 1. The highest BCUT2D eigenvalue weighted by atomic mass is 32.2. The van der Waals surface area contributed by atoms with Crippen molar-refractivity contribution in [1.82, 2.24) is 9.62 Å². The van der Waals surface area contributed by atoms with Crippen molar-refractivity contribution in [3.05, 3.63) is 29.8 Å². The molecule has 2 rings (SSSR count). The number of benzene rings is 1. The van der Waals surface area contributed by atoms with Gasteiger partial charge in [-0.25, -0.2) is 13.2 Å². The van der Waals surface area contributed by atoms with Gasteiger partial charge < -0.3 is 10.1 Å². The molecular formula is C20H30N2O5S. The monoisotopic (exact) mass is 410 g/mol. The van der Waals surface area contributed by atoms with Crippen molar-refractivity contribution in [2.75, 3.05) is 19.7 Å². The van der Waals surface area contributed by atoms with Crippen molar-refractivity contribution >= 4 is 21.9 Å². The van der Waals surface area contributed by atoms with Gasteiger partial charge in [-0.2, -0.15) is 4.31 Å². The van der Waals surface area contributed by atoms with Crippen LogP contribution in [0.1, 0.15) is 62.7 Å². The Bertz CT molecular complexity index is 771. The van der Waals surface area contributed by atoms with Gasteiger partial charge in [0.2, 0.25) is 10.0 Å². The zero-order chi connectivity index (χ0) is 20.6. The molecule has 156 valence electrons. The van der Waals surface area contributed by atoms with Gasteiger partial charge in [0.05, 0.1) is 10.5 Å². The lowest BCUT2D eigenvalue weighted by Gasteiger charge is -2.20. The van der Waals surface area contributed by atoms with Crippen molar-refractivity contribution in [2.24, 2.45) is 0 Å². The first-order valence-corrected chi connectivity index (χ1v) is 11.3. The van der Waals surface area contributed by atoms with E-state index >= 15 is 0 Å². The quantitative estimate of drug-likeness (QED) is 0.665. The van der Waals surface area contributed by atoms with Crippen molar-refractivity contribution < 1.29 is 22.7 Å². The lowest BCUT2D eigenvalue weighted by atomic mass is 10.2. The zero-order valence-electron chi connectivity index (χ0n) is 16.6. The summed E-state index contributed by atoms with van der Waals surface area (Å²) in [4.78, 5) is 24.2. The van der Waals surface area contributed by atoms with Gasteiger partial charge in [-0.15, -0.1) is 0 Å². The van der Waals surface area contributed by atoms with Crippen molar-refractivity contribution in [3.63, 3.8) is 0 Å². The molecule has 1 aliphatic heterocycles. The lowest BCUT2D eigenvalue weighted by molar-refractivity contribution is -0.124. The van der Waals surface area contributed by atoms with Gasteiger partial charge in [0.1, 0.15) is 0 Å². The van der Waals surface area contributed by atoms with E-state index < -0.39 is 22.6 Å². The second-order valence-corrected chi connectivity index (χ2v) is 9.12. The molecule has 1 atom stereocenters. The fourth-order valence-corrected chi connectivity index (χ4v) is 4.81. The molecule has 0 aromatic heterocycles. The van der Waals surface area contributed by atoms with Crippen LogP contribution in [0, 0.1) is 0 Å². The van der Waals surface area contributed by atoms with Crippen LogP contribution in [0.4, 0.5) is 0 Å². The molecule has 0 spiro atoms. The van der Waals surface area contributed by atoms with Gasteiger partial charge in [-0.3, -0.25) is 4.79 Å². The molecule has 1 N–H and O–H groups in total. The van der Waals surface area contributed by atoms with E-state index in [2.05, 4.69) is 5.32 Å². The number of hydrogen-bond donors (Lipinski definition) is 1. The second-order valence-electron chi connectivity index (χ2n) is 7.18. The van der Waals surface area contributed by atoms with Crippen LogP contribution in [0.5, 0.6) is 0 Å². The maximum absolute atomic E-state index is 12.9. The molecule has 8 heteroatoms. The normalized spacial score (nSPS) is 16.8. The minimum absolute atomic E-state index is 0.0123. The number of esters is 1. The molecule has 1 fully saturated rings. The number of sulfonamides is 1. The standard InChI is InChI=1S/C20H30N2O5S/c1-3-9-16(2)21-19(23)15-27-20(24)17-10-8-11-18(14-17)28(25,26)22-12-6-4-5-7-13-22/h8,10-11,14,16H,3-7,9,12-13,15H2,1-2H3,(H,21,23)/t16-/m0/s1. The average molecular weight is 411 g/mol. The molecule has 1 heterocycles. The first-order valence-electron chi connectivity index (χ1n) is 9.91. The maximum Gasteiger partial charge on any atom is 0.338 e. The summed E-state index contributed by atoms with van der Waals surface area (Å²) in [5.74, 6) is -1.09. The number of carbonyl (C=O) groups excluding carboxylic acids is 2. The molecule has 1 aliphatic rings. The summed E-state index contributed by atoms with van der Waals surface area (Å²) >= 11 is 0. The fourth-order valence-electron chi connectivity index (χ4n) is 3.25. The molecule has 7 nitrogen and oxygen atoms in total. The topological polar surface area (TPSA) is 92.8 Å². The molecule has 1 aromatic rings. The third kappa shape index (κ3) is 6.31. The van der Waals surface area contributed by atoms with Gasteiger partial charge in [-0.1, -0.05) is 32.3 Å². The smallest absolute Gasteiger partial charge is 0.338 e. The Labute approximate surface area is 167 Å². The van der Waals surface area contributed by atoms with E-state index in [1.165, 1.54) is 28.6 Å². The van der Waals surface area contributed by atoms with E-state index in [0.29, 0.717) is 13.1 Å².